The molecule has 0 spiro atoms. The lowest BCUT2D eigenvalue weighted by Gasteiger charge is -2.09. The van der Waals surface area contributed by atoms with Gasteiger partial charge in [-0.05, 0) is 30.4 Å². The fourth-order valence-electron chi connectivity index (χ4n) is 0.968. The van der Waals surface area contributed by atoms with Gasteiger partial charge in [0.1, 0.15) is 4.90 Å². The van der Waals surface area contributed by atoms with Crippen molar-refractivity contribution in [2.24, 2.45) is 10.9 Å². The maximum absolute atomic E-state index is 11.2. The molecule has 82 valence electrons. The van der Waals surface area contributed by atoms with Gasteiger partial charge in [0.25, 0.3) is 0 Å². The molecule has 0 atom stereocenters. The summed E-state index contributed by atoms with van der Waals surface area (Å²) in [6, 6.07) is 4.15. The first kappa shape index (κ1) is 12.2. The first-order valence-electron chi connectivity index (χ1n) is 3.69. The molecule has 0 aliphatic rings. The number of sulfonamides is 1. The van der Waals surface area contributed by atoms with E-state index in [1.54, 1.807) is 0 Å². The third kappa shape index (κ3) is 3.31. The molecule has 0 saturated heterocycles. The molecule has 0 aromatic heterocycles. The Hall–Kier alpha value is -0.890. The third-order valence-electron chi connectivity index (χ3n) is 1.51. The van der Waals surface area contributed by atoms with E-state index in [1.165, 1.54) is 18.2 Å². The van der Waals surface area contributed by atoms with Crippen LogP contribution in [0.25, 0.3) is 0 Å². The molecule has 1 aromatic carbocycles. The number of rotatable bonds is 2. The van der Waals surface area contributed by atoms with Crippen LogP contribution in [0.2, 0.25) is 5.02 Å². The molecule has 1 rings (SSSR count). The summed E-state index contributed by atoms with van der Waals surface area (Å²) in [6.45, 7) is 0. The van der Waals surface area contributed by atoms with E-state index in [2.05, 4.69) is 17.5 Å². The highest BCUT2D eigenvalue weighted by atomic mass is 35.5. The zero-order valence-electron chi connectivity index (χ0n) is 7.40. The van der Waals surface area contributed by atoms with E-state index in [1.807, 2.05) is 0 Å². The maximum Gasteiger partial charge on any atom is 0.240 e. The Kier molecular flexibility index (Phi) is 3.50. The van der Waals surface area contributed by atoms with Gasteiger partial charge in [-0.15, -0.1) is 0 Å². The zero-order valence-corrected chi connectivity index (χ0v) is 9.79. The summed E-state index contributed by atoms with van der Waals surface area (Å²) >= 11 is 10.2. The zero-order chi connectivity index (χ0) is 11.6. The van der Waals surface area contributed by atoms with Crippen LogP contribution in [-0.4, -0.2) is 13.5 Å². The molecule has 0 saturated carbocycles. The number of nitrogens with two attached hydrogens (primary N) is 2. The molecular formula is C7H8ClN3O2S2. The second-order valence-electron chi connectivity index (χ2n) is 2.67. The Labute approximate surface area is 97.4 Å². The predicted molar refractivity (Wildman–Crippen MR) is 63.2 cm³/mol. The Balaban J connectivity index is 3.33. The average molecular weight is 266 g/mol. The lowest BCUT2D eigenvalue weighted by atomic mass is 10.3. The van der Waals surface area contributed by atoms with Crippen molar-refractivity contribution in [2.75, 3.05) is 5.32 Å². The SMILES string of the molecule is NC(=S)Nc1ccc(Cl)cc1S(N)(=O)=O. The van der Waals surface area contributed by atoms with Gasteiger partial charge in [0.05, 0.1) is 5.69 Å². The first-order chi connectivity index (χ1) is 6.80. The van der Waals surface area contributed by atoms with Crippen LogP contribution in [0, 0.1) is 0 Å². The lowest BCUT2D eigenvalue weighted by molar-refractivity contribution is 0.598. The van der Waals surface area contributed by atoms with Gasteiger partial charge >= 0.3 is 0 Å². The number of hydrogen-bond acceptors (Lipinski definition) is 3. The van der Waals surface area contributed by atoms with Gasteiger partial charge in [0.15, 0.2) is 5.11 Å². The van der Waals surface area contributed by atoms with Gasteiger partial charge in [-0.3, -0.25) is 0 Å². The number of anilines is 1. The molecule has 0 aliphatic carbocycles. The van der Waals surface area contributed by atoms with Crippen LogP contribution in [0.4, 0.5) is 5.69 Å². The number of nitrogens with one attached hydrogen (secondary N) is 1. The van der Waals surface area contributed by atoms with Crippen molar-refractivity contribution in [3.05, 3.63) is 23.2 Å². The summed E-state index contributed by atoms with van der Waals surface area (Å²) < 4.78 is 22.4. The number of primary sulfonamides is 1. The maximum atomic E-state index is 11.2. The summed E-state index contributed by atoms with van der Waals surface area (Å²) in [5.74, 6) is 0. The monoisotopic (exact) mass is 265 g/mol. The fourth-order valence-corrected chi connectivity index (χ4v) is 2.03. The van der Waals surface area contributed by atoms with Crippen molar-refractivity contribution in [1.29, 1.82) is 0 Å². The Morgan fingerprint density at radius 2 is 2.07 bits per heavy atom. The summed E-state index contributed by atoms with van der Waals surface area (Å²) in [7, 11) is -3.86. The minimum atomic E-state index is -3.86. The average Bonchev–Trinajstić information content (AvgIpc) is 2.05. The quantitative estimate of drug-likeness (QED) is 0.682. The van der Waals surface area contributed by atoms with Gasteiger partial charge in [-0.1, -0.05) is 11.6 Å². The summed E-state index contributed by atoms with van der Waals surface area (Å²) in [5, 5.41) is 7.69. The highest BCUT2D eigenvalue weighted by Gasteiger charge is 2.14. The molecule has 0 bridgehead atoms. The largest absolute Gasteiger partial charge is 0.376 e. The van der Waals surface area contributed by atoms with Crippen LogP contribution in [0.15, 0.2) is 23.1 Å². The number of halogens is 1. The molecule has 0 aliphatic heterocycles. The molecule has 8 heteroatoms. The van der Waals surface area contributed by atoms with E-state index < -0.39 is 10.0 Å². The normalized spacial score (nSPS) is 11.1. The molecule has 5 nitrogen and oxygen atoms in total. The molecule has 0 amide bonds. The van der Waals surface area contributed by atoms with Crippen LogP contribution in [-0.2, 0) is 10.0 Å². The molecule has 0 radical (unpaired) electrons. The predicted octanol–water partition coefficient (Wildman–Crippen LogP) is 0.643. The van der Waals surface area contributed by atoms with Crippen LogP contribution in [0.5, 0.6) is 0 Å². The minimum Gasteiger partial charge on any atom is -0.376 e. The van der Waals surface area contributed by atoms with E-state index in [9.17, 15) is 8.42 Å². The molecule has 15 heavy (non-hydrogen) atoms. The fraction of sp³-hybridized carbons (Fsp3) is 0. The van der Waals surface area contributed by atoms with Crippen molar-refractivity contribution in [3.63, 3.8) is 0 Å². The van der Waals surface area contributed by atoms with Crippen LogP contribution >= 0.6 is 23.8 Å². The van der Waals surface area contributed by atoms with Crippen LogP contribution in [0.1, 0.15) is 0 Å². The first-order valence-corrected chi connectivity index (χ1v) is 6.03. The molecule has 0 heterocycles. The molecule has 5 N–H and O–H groups in total. The van der Waals surface area contributed by atoms with Gasteiger partial charge < -0.3 is 11.1 Å². The van der Waals surface area contributed by atoms with Gasteiger partial charge in [-0.25, -0.2) is 13.6 Å². The number of hydrogen-bond donors (Lipinski definition) is 3. The van der Waals surface area contributed by atoms with E-state index in [0.29, 0.717) is 0 Å². The van der Waals surface area contributed by atoms with E-state index in [4.69, 9.17) is 22.5 Å². The number of benzene rings is 1. The highest BCUT2D eigenvalue weighted by Crippen LogP contribution is 2.23. The standard InChI is InChI=1S/C7H8ClN3O2S2/c8-4-1-2-5(11-7(9)14)6(3-4)15(10,12)13/h1-3H,(H3,9,11,14)(H2,10,12,13). The summed E-state index contributed by atoms with van der Waals surface area (Å²) in [4.78, 5) is -0.150. The molecule has 0 fully saturated rings. The van der Waals surface area contributed by atoms with Crippen molar-refractivity contribution >= 4 is 44.6 Å². The topological polar surface area (TPSA) is 98.2 Å². The molecular weight excluding hydrogens is 258 g/mol. The van der Waals surface area contributed by atoms with Crippen molar-refractivity contribution in [3.8, 4) is 0 Å². The van der Waals surface area contributed by atoms with Crippen LogP contribution in [0.3, 0.4) is 0 Å². The summed E-state index contributed by atoms with van der Waals surface area (Å²) in [6.07, 6.45) is 0. The third-order valence-corrected chi connectivity index (χ3v) is 2.80. The second kappa shape index (κ2) is 4.31. The van der Waals surface area contributed by atoms with Gasteiger partial charge in [-0.2, -0.15) is 0 Å². The van der Waals surface area contributed by atoms with Crippen molar-refractivity contribution < 1.29 is 8.42 Å². The minimum absolute atomic E-state index is 0.0535. The van der Waals surface area contributed by atoms with Crippen LogP contribution < -0.4 is 16.2 Å². The molecule has 0 unspecified atom stereocenters. The smallest absolute Gasteiger partial charge is 0.240 e. The van der Waals surface area contributed by atoms with Gasteiger partial charge in [0.2, 0.25) is 10.0 Å². The van der Waals surface area contributed by atoms with Crippen molar-refractivity contribution in [1.82, 2.24) is 0 Å². The Morgan fingerprint density at radius 3 is 2.53 bits per heavy atom. The second-order valence-corrected chi connectivity index (χ2v) is 5.08. The number of thiocarbonyl (C=S) groups is 1. The van der Waals surface area contributed by atoms with E-state index in [-0.39, 0.29) is 20.7 Å². The Morgan fingerprint density at radius 1 is 1.47 bits per heavy atom. The summed E-state index contributed by atoms with van der Waals surface area (Å²) in [5.41, 5.74) is 5.43. The highest BCUT2D eigenvalue weighted by molar-refractivity contribution is 7.89. The lowest BCUT2D eigenvalue weighted by Crippen LogP contribution is -2.22. The molecule has 1 aromatic rings. The van der Waals surface area contributed by atoms with Crippen molar-refractivity contribution in [2.45, 2.75) is 4.90 Å². The Bertz CT molecular complexity index is 501. The van der Waals surface area contributed by atoms with E-state index in [0.717, 1.165) is 0 Å². The van der Waals surface area contributed by atoms with E-state index >= 15 is 0 Å². The van der Waals surface area contributed by atoms with Gasteiger partial charge in [0, 0.05) is 5.02 Å².